The highest BCUT2D eigenvalue weighted by atomic mass is 35.5. The van der Waals surface area contributed by atoms with Gasteiger partial charge in [-0.3, -0.25) is 4.79 Å². The summed E-state index contributed by atoms with van der Waals surface area (Å²) < 4.78 is 0. The van der Waals surface area contributed by atoms with Gasteiger partial charge in [0.05, 0.1) is 11.3 Å². The van der Waals surface area contributed by atoms with E-state index in [0.29, 0.717) is 6.54 Å². The van der Waals surface area contributed by atoms with E-state index in [1.165, 1.54) is 24.5 Å². The molecule has 7 heteroatoms. The quantitative estimate of drug-likeness (QED) is 0.685. The lowest BCUT2D eigenvalue weighted by Gasteiger charge is -2.30. The van der Waals surface area contributed by atoms with Gasteiger partial charge in [-0.15, -0.1) is 12.4 Å². The lowest BCUT2D eigenvalue weighted by molar-refractivity contribution is 0.0982. The third-order valence-electron chi connectivity index (χ3n) is 4.82. The van der Waals surface area contributed by atoms with Crippen LogP contribution in [0.2, 0.25) is 0 Å². The number of carbonyl (C=O) groups excluding carboxylic acids is 1. The lowest BCUT2D eigenvalue weighted by atomic mass is 9.96. The molecular weight excluding hydrogens is 378 g/mol. The van der Waals surface area contributed by atoms with Gasteiger partial charge < -0.3 is 15.1 Å². The molecule has 144 valence electrons. The molecule has 0 saturated heterocycles. The summed E-state index contributed by atoms with van der Waals surface area (Å²) in [7, 11) is 0. The molecule has 0 fully saturated rings. The number of rotatable bonds is 2. The third-order valence-corrected chi connectivity index (χ3v) is 4.82. The minimum absolute atomic E-state index is 0. The first-order chi connectivity index (χ1) is 13.0. The fourth-order valence-electron chi connectivity index (χ4n) is 3.50. The zero-order valence-electron chi connectivity index (χ0n) is 15.3. The topological polar surface area (TPSA) is 86.6 Å². The number of fused-ring (bicyclic) bond motifs is 1. The molecule has 6 nitrogen and oxygen atoms in total. The van der Waals surface area contributed by atoms with Crippen molar-refractivity contribution in [2.75, 3.05) is 11.4 Å². The van der Waals surface area contributed by atoms with E-state index < -0.39 is 0 Å². The number of aromatic hydroxyl groups is 2. The molecule has 0 bridgehead atoms. The number of anilines is 1. The van der Waals surface area contributed by atoms with Crippen molar-refractivity contribution >= 4 is 24.0 Å². The number of phenolic OH excluding ortho intramolecular Hbond substituents is 2. The Kier molecular flexibility index (Phi) is 5.51. The van der Waals surface area contributed by atoms with Crippen LogP contribution in [-0.2, 0) is 6.42 Å². The van der Waals surface area contributed by atoms with Crippen LogP contribution in [0.4, 0.5) is 5.69 Å². The first kappa shape index (κ1) is 19.6. The van der Waals surface area contributed by atoms with Gasteiger partial charge >= 0.3 is 0 Å². The van der Waals surface area contributed by atoms with Gasteiger partial charge in [-0.1, -0.05) is 6.07 Å². The van der Waals surface area contributed by atoms with Crippen LogP contribution in [0.15, 0.2) is 48.9 Å². The maximum absolute atomic E-state index is 13.0. The molecule has 4 rings (SSSR count). The van der Waals surface area contributed by atoms with Gasteiger partial charge in [0.25, 0.3) is 5.91 Å². The highest BCUT2D eigenvalue weighted by Gasteiger charge is 2.26. The van der Waals surface area contributed by atoms with Crippen molar-refractivity contribution in [3.05, 3.63) is 65.6 Å². The second-order valence-electron chi connectivity index (χ2n) is 6.66. The van der Waals surface area contributed by atoms with E-state index in [9.17, 15) is 15.0 Å². The number of carbonyl (C=O) groups is 1. The van der Waals surface area contributed by atoms with Crippen LogP contribution in [0.25, 0.3) is 11.3 Å². The maximum Gasteiger partial charge on any atom is 0.262 e. The summed E-state index contributed by atoms with van der Waals surface area (Å²) in [6.45, 7) is 2.55. The van der Waals surface area contributed by atoms with Crippen molar-refractivity contribution < 1.29 is 15.0 Å². The molecule has 0 spiro atoms. The molecule has 2 aromatic carbocycles. The monoisotopic (exact) mass is 397 g/mol. The van der Waals surface area contributed by atoms with Crippen LogP contribution in [0.5, 0.6) is 11.5 Å². The summed E-state index contributed by atoms with van der Waals surface area (Å²) in [5.74, 6) is -0.576. The van der Waals surface area contributed by atoms with Crippen LogP contribution in [-0.4, -0.2) is 32.6 Å². The Morgan fingerprint density at radius 1 is 1.14 bits per heavy atom. The summed E-state index contributed by atoms with van der Waals surface area (Å²) >= 11 is 0. The van der Waals surface area contributed by atoms with Gasteiger partial charge in [-0.05, 0) is 55.2 Å². The Morgan fingerprint density at radius 2 is 1.96 bits per heavy atom. The number of hydrogen-bond acceptors (Lipinski definition) is 5. The molecule has 0 aliphatic carbocycles. The zero-order valence-corrected chi connectivity index (χ0v) is 16.1. The van der Waals surface area contributed by atoms with Gasteiger partial charge in [0.2, 0.25) is 0 Å². The molecular formula is C21H20ClN3O3. The minimum atomic E-state index is -0.278. The Hall–Kier alpha value is -3.12. The highest BCUT2D eigenvalue weighted by Crippen LogP contribution is 2.34. The Labute approximate surface area is 168 Å². The molecule has 2 heterocycles. The Balaban J connectivity index is 0.00000225. The van der Waals surface area contributed by atoms with Crippen molar-refractivity contribution in [3.8, 4) is 22.8 Å². The second kappa shape index (κ2) is 7.86. The van der Waals surface area contributed by atoms with Crippen molar-refractivity contribution in [2.24, 2.45) is 0 Å². The molecule has 28 heavy (non-hydrogen) atoms. The van der Waals surface area contributed by atoms with Crippen molar-refractivity contribution in [1.29, 1.82) is 0 Å². The summed E-state index contributed by atoms with van der Waals surface area (Å²) in [4.78, 5) is 23.1. The third kappa shape index (κ3) is 3.51. The number of nitrogens with zero attached hydrogens (tertiary/aromatic N) is 3. The Bertz CT molecular complexity index is 1040. The van der Waals surface area contributed by atoms with Gasteiger partial charge in [0.1, 0.15) is 17.8 Å². The van der Waals surface area contributed by atoms with Crippen LogP contribution in [0.1, 0.15) is 27.9 Å². The van der Waals surface area contributed by atoms with E-state index in [0.717, 1.165) is 40.9 Å². The minimum Gasteiger partial charge on any atom is -0.508 e. The number of hydrogen-bond donors (Lipinski definition) is 2. The highest BCUT2D eigenvalue weighted by molar-refractivity contribution is 6.08. The van der Waals surface area contributed by atoms with Gasteiger partial charge in [0.15, 0.2) is 0 Å². The summed E-state index contributed by atoms with van der Waals surface area (Å²) in [6.07, 6.45) is 5.03. The second-order valence-corrected chi connectivity index (χ2v) is 6.66. The molecule has 0 saturated carbocycles. The number of phenols is 2. The SMILES string of the molecule is Cc1cncnc1-c1ccc2c(c1)CCCN2C(=O)c1ccc(O)cc1O.Cl. The predicted octanol–water partition coefficient (Wildman–Crippen LogP) is 3.88. The number of aromatic nitrogens is 2. The van der Waals surface area contributed by atoms with E-state index in [1.54, 1.807) is 11.1 Å². The molecule has 2 N–H and O–H groups in total. The van der Waals surface area contributed by atoms with Gasteiger partial charge in [0, 0.05) is 30.1 Å². The molecule has 0 radical (unpaired) electrons. The van der Waals surface area contributed by atoms with Crippen LogP contribution >= 0.6 is 12.4 Å². The fraction of sp³-hybridized carbons (Fsp3) is 0.190. The largest absolute Gasteiger partial charge is 0.508 e. The number of amides is 1. The molecule has 1 aromatic heterocycles. The first-order valence-electron chi connectivity index (χ1n) is 8.78. The van der Waals surface area contributed by atoms with E-state index in [1.807, 2.05) is 19.1 Å². The molecule has 1 aliphatic rings. The van der Waals surface area contributed by atoms with E-state index >= 15 is 0 Å². The zero-order chi connectivity index (χ0) is 19.0. The van der Waals surface area contributed by atoms with Crippen LogP contribution < -0.4 is 4.90 Å². The summed E-state index contributed by atoms with van der Waals surface area (Å²) in [5, 5.41) is 19.5. The number of halogens is 1. The number of aryl methyl sites for hydroxylation is 2. The standard InChI is InChI=1S/C21H19N3O3.ClH/c1-13-11-22-12-23-20(13)15-4-7-18-14(9-15)3-2-8-24(18)21(27)17-6-5-16(25)10-19(17)26;/h4-7,9-12,25-26H,2-3,8H2,1H3;1H. The first-order valence-corrected chi connectivity index (χ1v) is 8.78. The van der Waals surface area contributed by atoms with Crippen molar-refractivity contribution in [3.63, 3.8) is 0 Å². The van der Waals surface area contributed by atoms with Crippen LogP contribution in [0.3, 0.4) is 0 Å². The van der Waals surface area contributed by atoms with E-state index in [4.69, 9.17) is 0 Å². The van der Waals surface area contributed by atoms with E-state index in [-0.39, 0.29) is 35.4 Å². The summed E-state index contributed by atoms with van der Waals surface area (Å²) in [6, 6.07) is 9.98. The maximum atomic E-state index is 13.0. The van der Waals surface area contributed by atoms with Crippen LogP contribution in [0, 0.1) is 6.92 Å². The summed E-state index contributed by atoms with van der Waals surface area (Å²) in [5.41, 5.74) is 4.96. The molecule has 0 atom stereocenters. The van der Waals surface area contributed by atoms with Crippen molar-refractivity contribution in [2.45, 2.75) is 19.8 Å². The normalized spacial score (nSPS) is 12.8. The molecule has 1 amide bonds. The van der Waals surface area contributed by atoms with Gasteiger partial charge in [-0.25, -0.2) is 9.97 Å². The number of benzene rings is 2. The van der Waals surface area contributed by atoms with Gasteiger partial charge in [-0.2, -0.15) is 0 Å². The fourth-order valence-corrected chi connectivity index (χ4v) is 3.50. The molecule has 3 aromatic rings. The predicted molar refractivity (Wildman–Crippen MR) is 109 cm³/mol. The molecule has 0 unspecified atom stereocenters. The smallest absolute Gasteiger partial charge is 0.262 e. The molecule has 1 aliphatic heterocycles. The lowest BCUT2D eigenvalue weighted by Crippen LogP contribution is -2.35. The average Bonchev–Trinajstić information content (AvgIpc) is 2.67. The average molecular weight is 398 g/mol. The van der Waals surface area contributed by atoms with E-state index in [2.05, 4.69) is 16.0 Å². The Morgan fingerprint density at radius 3 is 2.71 bits per heavy atom. The van der Waals surface area contributed by atoms with Crippen molar-refractivity contribution in [1.82, 2.24) is 9.97 Å².